The maximum absolute atomic E-state index is 11.3. The molecule has 0 radical (unpaired) electrons. The van der Waals surface area contributed by atoms with Gasteiger partial charge in [-0.1, -0.05) is 34.6 Å². The molecule has 0 aromatic heterocycles. The molecule has 0 aromatic rings. The standard InChI is InChI=1S/C13H27NO3.C2H6/c1-7-11(15)14-13(4,5)10-17-9-12(2,3)8-16-6;1-2/h7-10H2,1-6H3,(H,14,15);1-2H3. The van der Waals surface area contributed by atoms with Crippen molar-refractivity contribution in [2.45, 2.75) is 60.4 Å². The van der Waals surface area contributed by atoms with Gasteiger partial charge in [-0.05, 0) is 13.8 Å². The molecular formula is C15H33NO3. The Hall–Kier alpha value is -0.610. The number of hydrogen-bond donors (Lipinski definition) is 1. The number of carbonyl (C=O) groups excluding carboxylic acids is 1. The lowest BCUT2D eigenvalue weighted by molar-refractivity contribution is -0.123. The zero-order chi connectivity index (χ0) is 15.5. The second-order valence-corrected chi connectivity index (χ2v) is 5.88. The van der Waals surface area contributed by atoms with E-state index in [2.05, 4.69) is 19.2 Å². The fourth-order valence-corrected chi connectivity index (χ4v) is 1.52. The van der Waals surface area contributed by atoms with Crippen LogP contribution < -0.4 is 5.32 Å². The summed E-state index contributed by atoms with van der Waals surface area (Å²) in [5.74, 6) is 0.0507. The molecule has 0 spiro atoms. The molecule has 1 N–H and O–H groups in total. The average molecular weight is 275 g/mol. The summed E-state index contributed by atoms with van der Waals surface area (Å²) in [7, 11) is 1.69. The van der Waals surface area contributed by atoms with Crippen LogP contribution >= 0.6 is 0 Å². The fourth-order valence-electron chi connectivity index (χ4n) is 1.52. The predicted octanol–water partition coefficient (Wildman–Crippen LogP) is 3.01. The molecule has 0 aliphatic rings. The van der Waals surface area contributed by atoms with Crippen molar-refractivity contribution >= 4 is 5.91 Å². The largest absolute Gasteiger partial charge is 0.384 e. The Bertz CT molecular complexity index is 238. The number of amides is 1. The maximum atomic E-state index is 11.3. The first-order chi connectivity index (χ1) is 8.72. The lowest BCUT2D eigenvalue weighted by Crippen LogP contribution is -2.47. The number of methoxy groups -OCH3 is 1. The Morgan fingerprint density at radius 2 is 1.58 bits per heavy atom. The van der Waals surface area contributed by atoms with Crippen molar-refractivity contribution < 1.29 is 14.3 Å². The smallest absolute Gasteiger partial charge is 0.220 e. The van der Waals surface area contributed by atoms with Crippen LogP contribution in [0.25, 0.3) is 0 Å². The minimum Gasteiger partial charge on any atom is -0.384 e. The third kappa shape index (κ3) is 12.2. The first kappa shape index (κ1) is 20.7. The van der Waals surface area contributed by atoms with Crippen LogP contribution in [-0.2, 0) is 14.3 Å². The molecule has 0 atom stereocenters. The molecule has 0 bridgehead atoms. The lowest BCUT2D eigenvalue weighted by Gasteiger charge is -2.29. The van der Waals surface area contributed by atoms with Crippen LogP contribution in [0, 0.1) is 5.41 Å². The second-order valence-electron chi connectivity index (χ2n) is 5.88. The van der Waals surface area contributed by atoms with E-state index in [9.17, 15) is 4.79 Å². The van der Waals surface area contributed by atoms with Gasteiger partial charge in [-0.2, -0.15) is 0 Å². The molecule has 0 rings (SSSR count). The number of rotatable bonds is 8. The van der Waals surface area contributed by atoms with Crippen LogP contribution in [0.4, 0.5) is 0 Å². The molecule has 0 aliphatic heterocycles. The van der Waals surface area contributed by atoms with Crippen LogP contribution in [0.15, 0.2) is 0 Å². The number of hydrogen-bond acceptors (Lipinski definition) is 3. The van der Waals surface area contributed by atoms with Crippen molar-refractivity contribution in [2.24, 2.45) is 5.41 Å². The third-order valence-corrected chi connectivity index (χ3v) is 2.29. The van der Waals surface area contributed by atoms with E-state index >= 15 is 0 Å². The van der Waals surface area contributed by atoms with Crippen molar-refractivity contribution in [1.82, 2.24) is 5.32 Å². The van der Waals surface area contributed by atoms with E-state index < -0.39 is 0 Å². The molecule has 0 fully saturated rings. The quantitative estimate of drug-likeness (QED) is 0.741. The van der Waals surface area contributed by atoms with Crippen molar-refractivity contribution in [3.63, 3.8) is 0 Å². The lowest BCUT2D eigenvalue weighted by atomic mass is 9.96. The van der Waals surface area contributed by atoms with Gasteiger partial charge >= 0.3 is 0 Å². The zero-order valence-corrected chi connectivity index (χ0v) is 14.1. The zero-order valence-electron chi connectivity index (χ0n) is 14.1. The summed E-state index contributed by atoms with van der Waals surface area (Å²) in [6.07, 6.45) is 0.499. The molecule has 1 amide bonds. The van der Waals surface area contributed by atoms with Crippen LogP contribution in [0.2, 0.25) is 0 Å². The molecule has 116 valence electrons. The van der Waals surface area contributed by atoms with Crippen LogP contribution in [0.1, 0.15) is 54.9 Å². The van der Waals surface area contributed by atoms with Gasteiger partial charge < -0.3 is 14.8 Å². The van der Waals surface area contributed by atoms with Gasteiger partial charge in [0, 0.05) is 18.9 Å². The average Bonchev–Trinajstić information content (AvgIpc) is 2.30. The minimum atomic E-state index is -0.323. The van der Waals surface area contributed by atoms with Crippen molar-refractivity contribution in [1.29, 1.82) is 0 Å². The van der Waals surface area contributed by atoms with E-state index in [4.69, 9.17) is 9.47 Å². The fraction of sp³-hybridized carbons (Fsp3) is 0.933. The summed E-state index contributed by atoms with van der Waals surface area (Å²) in [6.45, 7) is 15.7. The molecule has 0 heterocycles. The number of nitrogens with one attached hydrogen (secondary N) is 1. The summed E-state index contributed by atoms with van der Waals surface area (Å²) in [4.78, 5) is 11.3. The molecule has 0 aromatic carbocycles. The van der Waals surface area contributed by atoms with E-state index in [-0.39, 0.29) is 16.9 Å². The highest BCUT2D eigenvalue weighted by Gasteiger charge is 2.23. The van der Waals surface area contributed by atoms with Gasteiger partial charge in [0.25, 0.3) is 0 Å². The monoisotopic (exact) mass is 275 g/mol. The van der Waals surface area contributed by atoms with Crippen molar-refractivity contribution in [3.05, 3.63) is 0 Å². The van der Waals surface area contributed by atoms with Crippen LogP contribution in [-0.4, -0.2) is 38.4 Å². The molecule has 4 heteroatoms. The summed E-state index contributed by atoms with van der Waals surface area (Å²) >= 11 is 0. The first-order valence-corrected chi connectivity index (χ1v) is 7.10. The van der Waals surface area contributed by atoms with Gasteiger partial charge in [-0.25, -0.2) is 0 Å². The highest BCUT2D eigenvalue weighted by Crippen LogP contribution is 2.16. The predicted molar refractivity (Wildman–Crippen MR) is 80.3 cm³/mol. The summed E-state index contributed by atoms with van der Waals surface area (Å²) in [5.41, 5.74) is -0.324. The van der Waals surface area contributed by atoms with E-state index in [0.29, 0.717) is 26.2 Å². The number of ether oxygens (including phenoxy) is 2. The Kier molecular flexibility index (Phi) is 11.1. The molecule has 0 aliphatic carbocycles. The van der Waals surface area contributed by atoms with Gasteiger partial charge in [0.15, 0.2) is 0 Å². The maximum Gasteiger partial charge on any atom is 0.220 e. The van der Waals surface area contributed by atoms with E-state index in [1.54, 1.807) is 7.11 Å². The summed E-state index contributed by atoms with van der Waals surface area (Å²) < 4.78 is 10.8. The molecule has 0 unspecified atom stereocenters. The molecule has 0 saturated carbocycles. The first-order valence-electron chi connectivity index (χ1n) is 7.10. The molecule has 19 heavy (non-hydrogen) atoms. The Balaban J connectivity index is 0. The Labute approximate surface area is 119 Å². The molecule has 0 saturated heterocycles. The van der Waals surface area contributed by atoms with Gasteiger partial charge in [0.2, 0.25) is 5.91 Å². The molecule has 4 nitrogen and oxygen atoms in total. The van der Waals surface area contributed by atoms with Crippen molar-refractivity contribution in [2.75, 3.05) is 26.9 Å². The highest BCUT2D eigenvalue weighted by atomic mass is 16.5. The Morgan fingerprint density at radius 3 is 2.00 bits per heavy atom. The third-order valence-electron chi connectivity index (χ3n) is 2.29. The van der Waals surface area contributed by atoms with E-state index in [1.165, 1.54) is 0 Å². The van der Waals surface area contributed by atoms with Crippen molar-refractivity contribution in [3.8, 4) is 0 Å². The second kappa shape index (κ2) is 10.2. The summed E-state index contributed by atoms with van der Waals surface area (Å²) in [6, 6.07) is 0. The van der Waals surface area contributed by atoms with Crippen LogP contribution in [0.3, 0.4) is 0 Å². The van der Waals surface area contributed by atoms with Gasteiger partial charge in [-0.3, -0.25) is 4.79 Å². The minimum absolute atomic E-state index is 0.000402. The topological polar surface area (TPSA) is 47.6 Å². The van der Waals surface area contributed by atoms with Gasteiger partial charge in [0.05, 0.1) is 25.4 Å². The normalized spacial score (nSPS) is 11.6. The molecular weight excluding hydrogens is 242 g/mol. The van der Waals surface area contributed by atoms with Gasteiger partial charge in [-0.15, -0.1) is 0 Å². The van der Waals surface area contributed by atoms with Gasteiger partial charge in [0.1, 0.15) is 0 Å². The van der Waals surface area contributed by atoms with Crippen LogP contribution in [0.5, 0.6) is 0 Å². The SMILES string of the molecule is CC.CCC(=O)NC(C)(C)COCC(C)(C)COC. The van der Waals surface area contributed by atoms with E-state index in [0.717, 1.165) is 0 Å². The summed E-state index contributed by atoms with van der Waals surface area (Å²) in [5, 5.41) is 2.93. The van der Waals surface area contributed by atoms with E-state index in [1.807, 2.05) is 34.6 Å². The highest BCUT2D eigenvalue weighted by molar-refractivity contribution is 5.76. The Morgan fingerprint density at radius 1 is 1.05 bits per heavy atom. The number of carbonyl (C=O) groups is 1.